The molecule has 0 radical (unpaired) electrons. The van der Waals surface area contributed by atoms with Gasteiger partial charge >= 0.3 is 6.18 Å². The number of H-pyrrole nitrogens is 1. The first-order valence-electron chi connectivity index (χ1n) is 8.36. The summed E-state index contributed by atoms with van der Waals surface area (Å²) in [6, 6.07) is 6.47. The zero-order chi connectivity index (χ0) is 22.8. The molecule has 0 fully saturated rings. The maximum Gasteiger partial charge on any atom is 0.437 e. The van der Waals surface area contributed by atoms with Gasteiger partial charge in [-0.2, -0.15) is 23.5 Å². The molecule has 31 heavy (non-hydrogen) atoms. The lowest BCUT2D eigenvalue weighted by Gasteiger charge is -2.14. The number of halogens is 4. The second-order valence-corrected chi connectivity index (χ2v) is 6.55. The van der Waals surface area contributed by atoms with Crippen LogP contribution in [0.5, 0.6) is 11.5 Å². The number of nitrogens with one attached hydrogen (secondary N) is 1. The van der Waals surface area contributed by atoms with E-state index < -0.39 is 35.3 Å². The van der Waals surface area contributed by atoms with Gasteiger partial charge in [0, 0.05) is 10.6 Å². The van der Waals surface area contributed by atoms with E-state index in [9.17, 15) is 22.8 Å². The van der Waals surface area contributed by atoms with E-state index in [0.29, 0.717) is 6.33 Å². The van der Waals surface area contributed by atoms with Crippen molar-refractivity contribution >= 4 is 11.6 Å². The van der Waals surface area contributed by atoms with Gasteiger partial charge in [-0.15, -0.1) is 0 Å². The molecule has 3 aromatic rings. The Morgan fingerprint density at radius 3 is 2.65 bits per heavy atom. The molecule has 0 aliphatic heterocycles. The van der Waals surface area contributed by atoms with Gasteiger partial charge in [0.25, 0.3) is 11.1 Å². The Labute approximate surface area is 175 Å². The average Bonchev–Trinajstić information content (AvgIpc) is 2.70. The highest BCUT2D eigenvalue weighted by molar-refractivity contribution is 6.30. The van der Waals surface area contributed by atoms with Gasteiger partial charge < -0.3 is 9.84 Å². The lowest BCUT2D eigenvalue weighted by molar-refractivity contribution is -0.142. The third-order valence-corrected chi connectivity index (χ3v) is 4.14. The number of aliphatic hydroxyl groups excluding tert-OH is 1. The van der Waals surface area contributed by atoms with E-state index in [2.05, 4.69) is 15.2 Å². The summed E-state index contributed by atoms with van der Waals surface area (Å²) in [5.74, 6) is -1.40. The topological polar surface area (TPSA) is 134 Å². The molecular formula is C18H11ClF3N5O4. The van der Waals surface area contributed by atoms with Crippen molar-refractivity contribution in [1.29, 1.82) is 5.26 Å². The summed E-state index contributed by atoms with van der Waals surface area (Å²) < 4.78 is 46.2. The largest absolute Gasteiger partial charge is 0.449 e. The third kappa shape index (κ3) is 4.90. The number of ether oxygens (including phenoxy) is 1. The molecule has 2 heterocycles. The van der Waals surface area contributed by atoms with Gasteiger partial charge in [-0.05, 0) is 24.3 Å². The van der Waals surface area contributed by atoms with Crippen molar-refractivity contribution in [3.8, 4) is 17.6 Å². The van der Waals surface area contributed by atoms with Crippen molar-refractivity contribution in [2.75, 3.05) is 0 Å². The van der Waals surface area contributed by atoms with Crippen LogP contribution in [0, 0.1) is 11.3 Å². The normalized spacial score (nSPS) is 11.2. The maximum atomic E-state index is 13.4. The Morgan fingerprint density at radius 1 is 1.26 bits per heavy atom. The molecule has 2 aromatic heterocycles. The van der Waals surface area contributed by atoms with Crippen LogP contribution in [0.4, 0.5) is 13.2 Å². The van der Waals surface area contributed by atoms with E-state index in [1.165, 1.54) is 12.1 Å². The standard InChI is InChI=1S/C18H11ClF3N5O4/c19-11-1-9(5-23)2-13(4-11)31-14-15(18(20,21)22)24-8-27(17(14)30)6-12-3-10(7-28)16(29)26-25-12/h1-4,8,28H,6-7H2,(H,26,29). The van der Waals surface area contributed by atoms with Crippen molar-refractivity contribution < 1.29 is 23.0 Å². The van der Waals surface area contributed by atoms with Crippen LogP contribution in [0.25, 0.3) is 0 Å². The highest BCUT2D eigenvalue weighted by Crippen LogP contribution is 2.35. The van der Waals surface area contributed by atoms with Crippen molar-refractivity contribution in [2.24, 2.45) is 0 Å². The highest BCUT2D eigenvalue weighted by Gasteiger charge is 2.38. The molecule has 0 amide bonds. The number of rotatable bonds is 5. The molecule has 0 unspecified atom stereocenters. The second-order valence-electron chi connectivity index (χ2n) is 6.11. The third-order valence-electron chi connectivity index (χ3n) is 3.92. The molecule has 13 heteroatoms. The van der Waals surface area contributed by atoms with E-state index >= 15 is 0 Å². The maximum absolute atomic E-state index is 13.4. The zero-order valence-electron chi connectivity index (χ0n) is 15.3. The van der Waals surface area contributed by atoms with Crippen LogP contribution < -0.4 is 15.9 Å². The fourth-order valence-electron chi connectivity index (χ4n) is 2.55. The van der Waals surface area contributed by atoms with Gasteiger partial charge in [0.15, 0.2) is 5.69 Å². The van der Waals surface area contributed by atoms with Gasteiger partial charge in [0.2, 0.25) is 5.75 Å². The summed E-state index contributed by atoms with van der Waals surface area (Å²) in [5, 5.41) is 24.0. The SMILES string of the molecule is N#Cc1cc(Cl)cc(Oc2c(C(F)(F)F)ncn(Cc3cc(CO)c(=O)[nH]n3)c2=O)c1. The van der Waals surface area contributed by atoms with Crippen molar-refractivity contribution in [3.63, 3.8) is 0 Å². The molecular weight excluding hydrogens is 443 g/mol. The summed E-state index contributed by atoms with van der Waals surface area (Å²) >= 11 is 5.83. The summed E-state index contributed by atoms with van der Waals surface area (Å²) in [4.78, 5) is 27.5. The van der Waals surface area contributed by atoms with E-state index in [0.717, 1.165) is 16.7 Å². The molecule has 3 rings (SSSR count). The number of aliphatic hydroxyl groups is 1. The number of alkyl halides is 3. The predicted octanol–water partition coefficient (Wildman–Crippen LogP) is 2.20. The quantitative estimate of drug-likeness (QED) is 0.604. The number of aromatic amines is 1. The molecule has 0 saturated heterocycles. The Bertz CT molecular complexity index is 1300. The van der Waals surface area contributed by atoms with Crippen molar-refractivity contribution in [1.82, 2.24) is 19.7 Å². The Balaban J connectivity index is 2.09. The summed E-state index contributed by atoms with van der Waals surface area (Å²) in [7, 11) is 0. The van der Waals surface area contributed by atoms with E-state index in [1.807, 2.05) is 0 Å². The molecule has 160 valence electrons. The van der Waals surface area contributed by atoms with Gasteiger partial charge in [-0.1, -0.05) is 11.6 Å². The first kappa shape index (κ1) is 22.0. The lowest BCUT2D eigenvalue weighted by atomic mass is 10.2. The molecule has 0 aliphatic carbocycles. The van der Waals surface area contributed by atoms with Gasteiger partial charge in [0.1, 0.15) is 5.75 Å². The van der Waals surface area contributed by atoms with E-state index in [1.54, 1.807) is 6.07 Å². The van der Waals surface area contributed by atoms with Crippen LogP contribution in [0.15, 0.2) is 40.2 Å². The van der Waals surface area contributed by atoms with Crippen LogP contribution >= 0.6 is 11.6 Å². The first-order chi connectivity index (χ1) is 14.6. The number of hydrogen-bond donors (Lipinski definition) is 2. The van der Waals surface area contributed by atoms with Crippen molar-refractivity contribution in [2.45, 2.75) is 19.3 Å². The molecule has 0 spiro atoms. The molecule has 9 nitrogen and oxygen atoms in total. The van der Waals surface area contributed by atoms with Gasteiger partial charge in [-0.3, -0.25) is 14.2 Å². The predicted molar refractivity (Wildman–Crippen MR) is 99.6 cm³/mol. The Hall–Kier alpha value is -3.69. The molecule has 0 bridgehead atoms. The minimum atomic E-state index is -5.01. The minimum absolute atomic E-state index is 0.00856. The summed E-state index contributed by atoms with van der Waals surface area (Å²) in [6.07, 6.45) is -4.35. The smallest absolute Gasteiger partial charge is 0.437 e. The zero-order valence-corrected chi connectivity index (χ0v) is 16.0. The van der Waals surface area contributed by atoms with Crippen LogP contribution in [-0.4, -0.2) is 24.9 Å². The number of nitrogens with zero attached hydrogens (tertiary/aromatic N) is 4. The fraction of sp³-hybridized carbons (Fsp3) is 0.167. The average molecular weight is 454 g/mol. The van der Waals surface area contributed by atoms with Crippen LogP contribution in [-0.2, 0) is 19.3 Å². The number of benzene rings is 1. The van der Waals surface area contributed by atoms with Crippen LogP contribution in [0.1, 0.15) is 22.5 Å². The molecule has 0 aliphatic rings. The lowest BCUT2D eigenvalue weighted by Crippen LogP contribution is -2.27. The van der Waals surface area contributed by atoms with Gasteiger partial charge in [0.05, 0.1) is 36.8 Å². The van der Waals surface area contributed by atoms with Crippen LogP contribution in [0.2, 0.25) is 5.02 Å². The van der Waals surface area contributed by atoms with Crippen LogP contribution in [0.3, 0.4) is 0 Å². The highest BCUT2D eigenvalue weighted by atomic mass is 35.5. The molecule has 0 saturated carbocycles. The van der Waals surface area contributed by atoms with Crippen molar-refractivity contribution in [3.05, 3.63) is 78.8 Å². The van der Waals surface area contributed by atoms with Gasteiger partial charge in [-0.25, -0.2) is 10.1 Å². The summed E-state index contributed by atoms with van der Waals surface area (Å²) in [6.45, 7) is -0.974. The molecule has 1 aromatic carbocycles. The monoisotopic (exact) mass is 453 g/mol. The Kier molecular flexibility index (Phi) is 6.09. The van der Waals surface area contributed by atoms with E-state index in [-0.39, 0.29) is 34.1 Å². The fourth-order valence-corrected chi connectivity index (χ4v) is 2.77. The van der Waals surface area contributed by atoms with E-state index in [4.69, 9.17) is 26.7 Å². The molecule has 2 N–H and O–H groups in total. The first-order valence-corrected chi connectivity index (χ1v) is 8.73. The number of aromatic nitrogens is 4. The minimum Gasteiger partial charge on any atom is -0.449 e. The number of nitriles is 1. The second kappa shape index (κ2) is 8.58. The summed E-state index contributed by atoms with van der Waals surface area (Å²) in [5.41, 5.74) is -3.38. The molecule has 0 atom stereocenters. The number of hydrogen-bond acceptors (Lipinski definition) is 7. The Morgan fingerprint density at radius 2 is 2.00 bits per heavy atom.